The van der Waals surface area contributed by atoms with Crippen LogP contribution in [-0.4, -0.2) is 25.4 Å². The summed E-state index contributed by atoms with van der Waals surface area (Å²) in [5.74, 6) is 0.583. The number of methoxy groups -OCH3 is 1. The molecule has 15 heavy (non-hydrogen) atoms. The summed E-state index contributed by atoms with van der Waals surface area (Å²) < 4.78 is 5.10. The number of hydrogen-bond acceptors (Lipinski definition) is 3. The van der Waals surface area contributed by atoms with Gasteiger partial charge in [0.15, 0.2) is 0 Å². The Morgan fingerprint density at radius 3 is 2.67 bits per heavy atom. The van der Waals surface area contributed by atoms with Gasteiger partial charge in [0.1, 0.15) is 5.75 Å². The molecule has 0 saturated carbocycles. The Hall–Kier alpha value is -0.770. The lowest BCUT2D eigenvalue weighted by atomic mass is 9.95. The summed E-state index contributed by atoms with van der Waals surface area (Å²) in [7, 11) is 1.58. The molecule has 3 nitrogen and oxygen atoms in total. The first-order valence-corrected chi connectivity index (χ1v) is 5.16. The summed E-state index contributed by atoms with van der Waals surface area (Å²) in [5.41, 5.74) is 7.58. The van der Waals surface area contributed by atoms with E-state index < -0.39 is 0 Å². The van der Waals surface area contributed by atoms with Gasteiger partial charge in [-0.2, -0.15) is 0 Å². The van der Waals surface area contributed by atoms with Crippen LogP contribution in [0.2, 0.25) is 5.02 Å². The van der Waals surface area contributed by atoms with E-state index in [0.29, 0.717) is 17.3 Å². The molecule has 84 valence electrons. The number of benzene rings is 1. The van der Waals surface area contributed by atoms with Crippen molar-refractivity contribution in [3.05, 3.63) is 28.3 Å². The molecule has 0 amide bonds. The smallest absolute Gasteiger partial charge is 0.137 e. The molecular formula is C11H16ClNO2. The third-order valence-corrected chi connectivity index (χ3v) is 2.78. The summed E-state index contributed by atoms with van der Waals surface area (Å²) in [4.78, 5) is 0. The molecule has 4 heteroatoms. The highest BCUT2D eigenvalue weighted by Gasteiger charge is 2.14. The van der Waals surface area contributed by atoms with Crippen LogP contribution in [-0.2, 0) is 0 Å². The number of rotatable bonds is 4. The molecule has 0 aliphatic rings. The first kappa shape index (κ1) is 12.3. The highest BCUT2D eigenvalue weighted by molar-refractivity contribution is 6.32. The Morgan fingerprint density at radius 1 is 1.53 bits per heavy atom. The van der Waals surface area contributed by atoms with Crippen LogP contribution >= 0.6 is 11.6 Å². The summed E-state index contributed by atoms with van der Waals surface area (Å²) >= 11 is 6.01. The first-order valence-electron chi connectivity index (χ1n) is 4.79. The zero-order valence-corrected chi connectivity index (χ0v) is 9.71. The minimum atomic E-state index is -0.0617. The van der Waals surface area contributed by atoms with Crippen molar-refractivity contribution in [2.24, 2.45) is 5.73 Å². The largest absolute Gasteiger partial charge is 0.495 e. The molecule has 1 aromatic rings. The fourth-order valence-electron chi connectivity index (χ4n) is 1.57. The Balaban J connectivity index is 3.14. The number of hydrogen-bond donors (Lipinski definition) is 2. The molecule has 1 rings (SSSR count). The van der Waals surface area contributed by atoms with E-state index in [1.165, 1.54) is 0 Å². The first-order chi connectivity index (χ1) is 7.13. The lowest BCUT2D eigenvalue weighted by molar-refractivity contribution is 0.267. The van der Waals surface area contributed by atoms with Gasteiger partial charge in [-0.3, -0.25) is 0 Å². The molecule has 0 bridgehead atoms. The van der Waals surface area contributed by atoms with Crippen LogP contribution in [0.4, 0.5) is 0 Å². The summed E-state index contributed by atoms with van der Waals surface area (Å²) in [5, 5.41) is 9.71. The van der Waals surface area contributed by atoms with E-state index in [1.54, 1.807) is 7.11 Å². The van der Waals surface area contributed by atoms with Crippen LogP contribution in [0.3, 0.4) is 0 Å². The number of ether oxygens (including phenoxy) is 1. The SMILES string of the molecule is COc1cc(C)c(C(CN)CO)cc1Cl. The predicted octanol–water partition coefficient (Wildman–Crippen LogP) is 1.69. The van der Waals surface area contributed by atoms with Crippen molar-refractivity contribution in [3.8, 4) is 5.75 Å². The van der Waals surface area contributed by atoms with E-state index in [2.05, 4.69) is 0 Å². The highest BCUT2D eigenvalue weighted by Crippen LogP contribution is 2.31. The van der Waals surface area contributed by atoms with Crippen LogP contribution in [0, 0.1) is 6.92 Å². The standard InChI is InChI=1S/C11H16ClNO2/c1-7-3-11(15-2)10(12)4-9(7)8(5-13)6-14/h3-4,8,14H,5-6,13H2,1-2H3. The van der Waals surface area contributed by atoms with E-state index in [1.807, 2.05) is 19.1 Å². The van der Waals surface area contributed by atoms with Crippen LogP contribution < -0.4 is 10.5 Å². The zero-order valence-electron chi connectivity index (χ0n) is 8.96. The number of nitrogens with two attached hydrogens (primary N) is 1. The van der Waals surface area contributed by atoms with E-state index in [9.17, 15) is 0 Å². The maximum Gasteiger partial charge on any atom is 0.137 e. The summed E-state index contributed by atoms with van der Waals surface area (Å²) in [6.07, 6.45) is 0. The van der Waals surface area contributed by atoms with Gasteiger partial charge in [-0.1, -0.05) is 11.6 Å². The molecular weight excluding hydrogens is 214 g/mol. The molecule has 1 atom stereocenters. The van der Waals surface area contributed by atoms with Gasteiger partial charge in [-0.15, -0.1) is 0 Å². The average Bonchev–Trinajstić information content (AvgIpc) is 2.24. The summed E-state index contributed by atoms with van der Waals surface area (Å²) in [6, 6.07) is 3.67. The van der Waals surface area contributed by atoms with Crippen LogP contribution in [0.5, 0.6) is 5.75 Å². The minimum Gasteiger partial charge on any atom is -0.495 e. The topological polar surface area (TPSA) is 55.5 Å². The lowest BCUT2D eigenvalue weighted by Gasteiger charge is -2.16. The molecule has 0 fully saturated rings. The maximum absolute atomic E-state index is 9.17. The van der Waals surface area contributed by atoms with E-state index in [0.717, 1.165) is 11.1 Å². The molecule has 0 aliphatic heterocycles. The number of aliphatic hydroxyl groups excluding tert-OH is 1. The third-order valence-electron chi connectivity index (χ3n) is 2.49. The van der Waals surface area contributed by atoms with Gasteiger partial charge >= 0.3 is 0 Å². The Bertz CT molecular complexity index is 338. The zero-order chi connectivity index (χ0) is 11.4. The number of aryl methyl sites for hydroxylation is 1. The fourth-order valence-corrected chi connectivity index (χ4v) is 1.82. The van der Waals surface area contributed by atoms with Crippen molar-refractivity contribution >= 4 is 11.6 Å². The molecule has 3 N–H and O–H groups in total. The van der Waals surface area contributed by atoms with Crippen molar-refractivity contribution < 1.29 is 9.84 Å². The van der Waals surface area contributed by atoms with E-state index >= 15 is 0 Å². The van der Waals surface area contributed by atoms with Gasteiger partial charge < -0.3 is 15.6 Å². The normalized spacial score (nSPS) is 12.6. The third kappa shape index (κ3) is 2.62. The second-order valence-electron chi connectivity index (χ2n) is 3.46. The molecule has 0 heterocycles. The number of aliphatic hydroxyl groups is 1. The average molecular weight is 230 g/mol. The van der Waals surface area contributed by atoms with Crippen LogP contribution in [0.1, 0.15) is 17.0 Å². The van der Waals surface area contributed by atoms with E-state index in [4.69, 9.17) is 27.2 Å². The lowest BCUT2D eigenvalue weighted by Crippen LogP contribution is -2.17. The van der Waals surface area contributed by atoms with Gasteiger partial charge in [0.05, 0.1) is 18.7 Å². The Labute approximate surface area is 94.8 Å². The molecule has 0 aliphatic carbocycles. The second-order valence-corrected chi connectivity index (χ2v) is 3.87. The van der Waals surface area contributed by atoms with Crippen molar-refractivity contribution in [2.75, 3.05) is 20.3 Å². The molecule has 1 aromatic carbocycles. The van der Waals surface area contributed by atoms with Crippen molar-refractivity contribution in [2.45, 2.75) is 12.8 Å². The minimum absolute atomic E-state index is 0.0278. The predicted molar refractivity (Wildman–Crippen MR) is 61.6 cm³/mol. The van der Waals surface area contributed by atoms with E-state index in [-0.39, 0.29) is 12.5 Å². The molecule has 0 radical (unpaired) electrons. The number of halogens is 1. The van der Waals surface area contributed by atoms with Crippen molar-refractivity contribution in [1.82, 2.24) is 0 Å². The molecule has 0 aromatic heterocycles. The van der Waals surface area contributed by atoms with Crippen LogP contribution in [0.25, 0.3) is 0 Å². The Morgan fingerprint density at radius 2 is 2.20 bits per heavy atom. The monoisotopic (exact) mass is 229 g/mol. The maximum atomic E-state index is 9.17. The molecule has 0 spiro atoms. The molecule has 0 saturated heterocycles. The second kappa shape index (κ2) is 5.35. The highest BCUT2D eigenvalue weighted by atomic mass is 35.5. The van der Waals surface area contributed by atoms with Crippen molar-refractivity contribution in [1.29, 1.82) is 0 Å². The quantitative estimate of drug-likeness (QED) is 0.826. The van der Waals surface area contributed by atoms with Gasteiger partial charge in [0.25, 0.3) is 0 Å². The van der Waals surface area contributed by atoms with Gasteiger partial charge in [-0.25, -0.2) is 0 Å². The van der Waals surface area contributed by atoms with Crippen LogP contribution in [0.15, 0.2) is 12.1 Å². The Kier molecular flexibility index (Phi) is 4.39. The molecule has 1 unspecified atom stereocenters. The van der Waals surface area contributed by atoms with Crippen molar-refractivity contribution in [3.63, 3.8) is 0 Å². The van der Waals surface area contributed by atoms with Gasteiger partial charge in [0, 0.05) is 12.5 Å². The fraction of sp³-hybridized carbons (Fsp3) is 0.455. The summed E-state index contributed by atoms with van der Waals surface area (Å²) in [6.45, 7) is 2.38. The van der Waals surface area contributed by atoms with Gasteiger partial charge in [-0.05, 0) is 30.2 Å². The van der Waals surface area contributed by atoms with Gasteiger partial charge in [0.2, 0.25) is 0 Å².